The van der Waals surface area contributed by atoms with E-state index in [0.717, 1.165) is 0 Å². The maximum absolute atomic E-state index is 13.0. The first kappa shape index (κ1) is 12.4. The predicted octanol–water partition coefficient (Wildman–Crippen LogP) is 2.15. The molecule has 0 aromatic heterocycles. The third-order valence-corrected chi connectivity index (χ3v) is 2.75. The van der Waals surface area contributed by atoms with Crippen molar-refractivity contribution < 1.29 is 14.6 Å². The number of hydrogen-bond donors (Lipinski definition) is 2. The Labute approximate surface area is 93.3 Å². The van der Waals surface area contributed by atoms with Crippen LogP contribution in [0.4, 0.5) is 4.39 Å². The molecule has 2 atom stereocenters. The third-order valence-electron chi connectivity index (χ3n) is 2.32. The Hall–Kier alpha value is -0.640. The molecule has 2 N–H and O–H groups in total. The van der Waals surface area contributed by atoms with Gasteiger partial charge in [-0.3, -0.25) is 0 Å². The van der Waals surface area contributed by atoms with E-state index >= 15 is 0 Å². The quantitative estimate of drug-likeness (QED) is 0.835. The van der Waals surface area contributed by atoms with Crippen molar-refractivity contribution in [2.24, 2.45) is 0 Å². The van der Waals surface area contributed by atoms with Crippen molar-refractivity contribution in [3.8, 4) is 0 Å². The van der Waals surface area contributed by atoms with Crippen LogP contribution in [0, 0.1) is 5.82 Å². The Balaban J connectivity index is 2.76. The van der Waals surface area contributed by atoms with Gasteiger partial charge in [-0.25, -0.2) is 4.39 Å². The van der Waals surface area contributed by atoms with Gasteiger partial charge in [-0.05, 0) is 18.1 Å². The van der Waals surface area contributed by atoms with Crippen LogP contribution in [0.15, 0.2) is 18.2 Å². The highest BCUT2D eigenvalue weighted by Gasteiger charge is 2.17. The molecule has 0 aliphatic rings. The third kappa shape index (κ3) is 3.16. The van der Waals surface area contributed by atoms with Crippen LogP contribution in [0.5, 0.6) is 0 Å². The van der Waals surface area contributed by atoms with Crippen molar-refractivity contribution >= 4 is 11.6 Å². The molecule has 0 saturated heterocycles. The topological polar surface area (TPSA) is 40.5 Å². The zero-order valence-corrected chi connectivity index (χ0v) is 9.21. The minimum absolute atomic E-state index is 0.0138. The van der Waals surface area contributed by atoms with Crippen molar-refractivity contribution in [2.45, 2.75) is 32.0 Å². The van der Waals surface area contributed by atoms with E-state index in [1.54, 1.807) is 13.0 Å². The second kappa shape index (κ2) is 5.45. The Kier molecular flexibility index (Phi) is 4.51. The van der Waals surface area contributed by atoms with E-state index in [4.69, 9.17) is 11.6 Å². The molecule has 1 aromatic rings. The zero-order valence-electron chi connectivity index (χ0n) is 8.45. The van der Waals surface area contributed by atoms with Gasteiger partial charge < -0.3 is 10.2 Å². The molecular formula is C11H14ClFO2. The van der Waals surface area contributed by atoms with Crippen LogP contribution in [0.1, 0.15) is 18.9 Å². The Morgan fingerprint density at radius 2 is 2.00 bits per heavy atom. The molecular weight excluding hydrogens is 219 g/mol. The van der Waals surface area contributed by atoms with Gasteiger partial charge in [-0.15, -0.1) is 0 Å². The van der Waals surface area contributed by atoms with Gasteiger partial charge in [-0.1, -0.05) is 30.7 Å². The number of hydrogen-bond acceptors (Lipinski definition) is 2. The summed E-state index contributed by atoms with van der Waals surface area (Å²) in [6.45, 7) is 1.76. The van der Waals surface area contributed by atoms with E-state index in [0.29, 0.717) is 12.0 Å². The molecule has 1 rings (SSSR count). The summed E-state index contributed by atoms with van der Waals surface area (Å²) in [6, 6.07) is 4.42. The van der Waals surface area contributed by atoms with Gasteiger partial charge in [0.25, 0.3) is 0 Å². The minimum atomic E-state index is -0.908. The summed E-state index contributed by atoms with van der Waals surface area (Å²) in [6.07, 6.45) is -1.10. The lowest BCUT2D eigenvalue weighted by atomic mass is 10.0. The smallest absolute Gasteiger partial charge is 0.142 e. The summed E-state index contributed by atoms with van der Waals surface area (Å²) in [7, 11) is 0. The fraction of sp³-hybridized carbons (Fsp3) is 0.455. The van der Waals surface area contributed by atoms with Gasteiger partial charge in [0.2, 0.25) is 0 Å². The van der Waals surface area contributed by atoms with E-state index in [-0.39, 0.29) is 11.4 Å². The van der Waals surface area contributed by atoms with Crippen LogP contribution in [0.25, 0.3) is 0 Å². The summed E-state index contributed by atoms with van der Waals surface area (Å²) in [5.41, 5.74) is 0.511. The Morgan fingerprint density at radius 3 is 2.60 bits per heavy atom. The maximum atomic E-state index is 13.0. The Morgan fingerprint density at radius 1 is 1.33 bits per heavy atom. The highest BCUT2D eigenvalue weighted by Crippen LogP contribution is 2.21. The summed E-state index contributed by atoms with van der Waals surface area (Å²) in [4.78, 5) is 0. The van der Waals surface area contributed by atoms with E-state index in [9.17, 15) is 14.6 Å². The lowest BCUT2D eigenvalue weighted by molar-refractivity contribution is 0.0181. The van der Waals surface area contributed by atoms with Crippen LogP contribution >= 0.6 is 11.6 Å². The van der Waals surface area contributed by atoms with Crippen LogP contribution in [-0.2, 0) is 6.42 Å². The molecule has 0 spiro atoms. The molecule has 4 heteroatoms. The van der Waals surface area contributed by atoms with Crippen molar-refractivity contribution in [1.82, 2.24) is 0 Å². The fourth-order valence-corrected chi connectivity index (χ4v) is 1.54. The van der Waals surface area contributed by atoms with E-state index in [2.05, 4.69) is 0 Å². The summed E-state index contributed by atoms with van der Waals surface area (Å²) in [5, 5.41) is 18.9. The van der Waals surface area contributed by atoms with Gasteiger partial charge in [0.15, 0.2) is 0 Å². The van der Waals surface area contributed by atoms with Crippen LogP contribution in [0.3, 0.4) is 0 Å². The normalized spacial score (nSPS) is 15.0. The van der Waals surface area contributed by atoms with Crippen molar-refractivity contribution in [3.63, 3.8) is 0 Å². The first-order valence-electron chi connectivity index (χ1n) is 4.85. The number of aliphatic hydroxyl groups excluding tert-OH is 2. The van der Waals surface area contributed by atoms with Gasteiger partial charge in [0, 0.05) is 6.42 Å². The van der Waals surface area contributed by atoms with E-state index < -0.39 is 18.0 Å². The number of rotatable bonds is 4. The summed E-state index contributed by atoms with van der Waals surface area (Å²) < 4.78 is 13.0. The molecule has 84 valence electrons. The molecule has 0 aliphatic heterocycles. The van der Waals surface area contributed by atoms with Crippen LogP contribution < -0.4 is 0 Å². The molecule has 1 aromatic carbocycles. The molecule has 2 unspecified atom stereocenters. The summed E-state index contributed by atoms with van der Waals surface area (Å²) in [5.74, 6) is -0.507. The lowest BCUT2D eigenvalue weighted by Gasteiger charge is -2.16. The SMILES string of the molecule is CCC(O)C(O)Cc1cccc(F)c1Cl. The largest absolute Gasteiger partial charge is 0.390 e. The van der Waals surface area contributed by atoms with Gasteiger partial charge in [0.05, 0.1) is 17.2 Å². The molecule has 0 fully saturated rings. The highest BCUT2D eigenvalue weighted by atomic mass is 35.5. The molecule has 0 amide bonds. The maximum Gasteiger partial charge on any atom is 0.142 e. The molecule has 0 bridgehead atoms. The monoisotopic (exact) mass is 232 g/mol. The van der Waals surface area contributed by atoms with Crippen LogP contribution in [0.2, 0.25) is 5.02 Å². The number of benzene rings is 1. The van der Waals surface area contributed by atoms with Gasteiger partial charge >= 0.3 is 0 Å². The first-order valence-corrected chi connectivity index (χ1v) is 5.23. The van der Waals surface area contributed by atoms with Crippen molar-refractivity contribution in [2.75, 3.05) is 0 Å². The van der Waals surface area contributed by atoms with Gasteiger partial charge in [0.1, 0.15) is 5.82 Å². The molecule has 15 heavy (non-hydrogen) atoms. The van der Waals surface area contributed by atoms with Crippen LogP contribution in [-0.4, -0.2) is 22.4 Å². The number of halogens is 2. The average molecular weight is 233 g/mol. The second-order valence-corrected chi connectivity index (χ2v) is 3.84. The zero-order chi connectivity index (χ0) is 11.4. The molecule has 0 aliphatic carbocycles. The number of aliphatic hydroxyl groups is 2. The average Bonchev–Trinajstić information content (AvgIpc) is 2.23. The molecule has 0 saturated carbocycles. The second-order valence-electron chi connectivity index (χ2n) is 3.46. The Bertz CT molecular complexity index is 330. The molecule has 2 nitrogen and oxygen atoms in total. The van der Waals surface area contributed by atoms with Crippen molar-refractivity contribution in [3.05, 3.63) is 34.6 Å². The summed E-state index contributed by atoms with van der Waals surface area (Å²) >= 11 is 5.72. The minimum Gasteiger partial charge on any atom is -0.390 e. The van der Waals surface area contributed by atoms with Crippen molar-refractivity contribution in [1.29, 1.82) is 0 Å². The standard InChI is InChI=1S/C11H14ClFO2/c1-2-9(14)10(15)6-7-4-3-5-8(13)11(7)12/h3-5,9-10,14-15H,2,6H2,1H3. The fourth-order valence-electron chi connectivity index (χ4n) is 1.34. The van der Waals surface area contributed by atoms with E-state index in [1.807, 2.05) is 0 Å². The predicted molar refractivity (Wildman–Crippen MR) is 57.4 cm³/mol. The molecule has 0 heterocycles. The lowest BCUT2D eigenvalue weighted by Crippen LogP contribution is -2.27. The molecule has 0 radical (unpaired) electrons. The van der Waals surface area contributed by atoms with Gasteiger partial charge in [-0.2, -0.15) is 0 Å². The van der Waals surface area contributed by atoms with E-state index in [1.165, 1.54) is 12.1 Å². The first-order chi connectivity index (χ1) is 7.06. The highest BCUT2D eigenvalue weighted by molar-refractivity contribution is 6.31.